The molecule has 19 heavy (non-hydrogen) atoms. The minimum atomic E-state index is -0.232. The zero-order chi connectivity index (χ0) is 14.0. The summed E-state index contributed by atoms with van der Waals surface area (Å²) < 4.78 is 26.2. The summed E-state index contributed by atoms with van der Waals surface area (Å²) in [6, 6.07) is 9.55. The third-order valence-electron chi connectivity index (χ3n) is 3.20. The van der Waals surface area contributed by atoms with E-state index in [0.717, 1.165) is 28.7 Å². The Hall–Kier alpha value is -1.22. The number of hydrogen-bond acceptors (Lipinski definition) is 0. The first-order valence-corrected chi connectivity index (χ1v) is 7.04. The van der Waals surface area contributed by atoms with Crippen LogP contribution in [0.2, 0.25) is 0 Å². The predicted octanol–water partition coefficient (Wildman–Crippen LogP) is 5.26. The molecule has 3 heteroatoms. The summed E-state index contributed by atoms with van der Waals surface area (Å²) in [7, 11) is 0. The van der Waals surface area contributed by atoms with Gasteiger partial charge in [0.25, 0.3) is 0 Å². The minimum Gasteiger partial charge on any atom is -0.207 e. The first kappa shape index (κ1) is 14.2. The Labute approximate surface area is 120 Å². The fourth-order valence-electron chi connectivity index (χ4n) is 2.35. The Kier molecular flexibility index (Phi) is 4.35. The lowest BCUT2D eigenvalue weighted by Gasteiger charge is -2.16. The highest BCUT2D eigenvalue weighted by Crippen LogP contribution is 2.32. The summed E-state index contributed by atoms with van der Waals surface area (Å²) >= 11 is 3.65. The van der Waals surface area contributed by atoms with Gasteiger partial charge >= 0.3 is 0 Å². The average Bonchev–Trinajstić information content (AvgIpc) is 2.30. The van der Waals surface area contributed by atoms with Crippen molar-refractivity contribution in [3.63, 3.8) is 0 Å². The molecule has 0 radical (unpaired) electrons. The molecule has 0 aliphatic rings. The number of alkyl halides is 1. The van der Waals surface area contributed by atoms with Crippen LogP contribution >= 0.6 is 15.9 Å². The van der Waals surface area contributed by atoms with Crippen LogP contribution in [0.15, 0.2) is 36.4 Å². The van der Waals surface area contributed by atoms with Crippen LogP contribution in [-0.4, -0.2) is 0 Å². The molecule has 0 saturated heterocycles. The van der Waals surface area contributed by atoms with Gasteiger partial charge in [-0.1, -0.05) is 28.1 Å². The highest BCUT2D eigenvalue weighted by molar-refractivity contribution is 9.09. The number of benzene rings is 2. The summed E-state index contributed by atoms with van der Waals surface area (Å²) in [4.78, 5) is 0.0959. The van der Waals surface area contributed by atoms with Crippen LogP contribution in [0.3, 0.4) is 0 Å². The van der Waals surface area contributed by atoms with Crippen molar-refractivity contribution < 1.29 is 8.78 Å². The van der Waals surface area contributed by atoms with E-state index in [1.807, 2.05) is 13.8 Å². The second kappa shape index (κ2) is 5.83. The summed E-state index contributed by atoms with van der Waals surface area (Å²) in [6.07, 6.45) is 0.744. The molecule has 1 unspecified atom stereocenters. The van der Waals surface area contributed by atoms with Crippen molar-refractivity contribution in [2.75, 3.05) is 0 Å². The van der Waals surface area contributed by atoms with Crippen molar-refractivity contribution in [1.82, 2.24) is 0 Å². The molecule has 100 valence electrons. The van der Waals surface area contributed by atoms with E-state index in [1.165, 1.54) is 12.1 Å². The largest absolute Gasteiger partial charge is 0.207 e. The average molecular weight is 325 g/mol. The molecule has 1 atom stereocenters. The number of aryl methyl sites for hydroxylation is 2. The fourth-order valence-corrected chi connectivity index (χ4v) is 3.44. The molecule has 0 saturated carbocycles. The maximum Gasteiger partial charge on any atom is 0.123 e. The second-order valence-corrected chi connectivity index (χ2v) is 5.86. The van der Waals surface area contributed by atoms with Gasteiger partial charge in [-0.05, 0) is 66.8 Å². The van der Waals surface area contributed by atoms with E-state index in [2.05, 4.69) is 15.9 Å². The van der Waals surface area contributed by atoms with Gasteiger partial charge in [0.1, 0.15) is 11.6 Å². The molecule has 0 fully saturated rings. The second-order valence-electron chi connectivity index (χ2n) is 4.75. The lowest BCUT2D eigenvalue weighted by molar-refractivity contribution is 0.623. The molecule has 0 aliphatic carbocycles. The third-order valence-corrected chi connectivity index (χ3v) is 3.98. The normalized spacial score (nSPS) is 12.5. The Morgan fingerprint density at radius 3 is 2.00 bits per heavy atom. The molecule has 0 heterocycles. The van der Waals surface area contributed by atoms with Crippen molar-refractivity contribution in [3.8, 4) is 0 Å². The molecule has 0 nitrogen and oxygen atoms in total. The Morgan fingerprint density at radius 2 is 1.47 bits per heavy atom. The van der Waals surface area contributed by atoms with E-state index in [-0.39, 0.29) is 16.5 Å². The van der Waals surface area contributed by atoms with Gasteiger partial charge in [0.2, 0.25) is 0 Å². The Morgan fingerprint density at radius 1 is 0.947 bits per heavy atom. The fraction of sp³-hybridized carbons (Fsp3) is 0.250. The maximum atomic E-state index is 13.3. The topological polar surface area (TPSA) is 0 Å². The number of halogens is 3. The van der Waals surface area contributed by atoms with Gasteiger partial charge in [-0.2, -0.15) is 0 Å². The molecule has 0 bridgehead atoms. The number of rotatable bonds is 3. The lowest BCUT2D eigenvalue weighted by atomic mass is 9.96. The van der Waals surface area contributed by atoms with E-state index >= 15 is 0 Å². The van der Waals surface area contributed by atoms with Gasteiger partial charge in [-0.15, -0.1) is 0 Å². The van der Waals surface area contributed by atoms with E-state index < -0.39 is 0 Å². The van der Waals surface area contributed by atoms with Gasteiger partial charge < -0.3 is 0 Å². The maximum absolute atomic E-state index is 13.3. The lowest BCUT2D eigenvalue weighted by Crippen LogP contribution is -2.02. The first-order chi connectivity index (χ1) is 8.97. The highest BCUT2D eigenvalue weighted by atomic mass is 79.9. The van der Waals surface area contributed by atoms with Crippen LogP contribution in [0, 0.1) is 25.5 Å². The smallest absolute Gasteiger partial charge is 0.123 e. The molecule has 0 spiro atoms. The quantitative estimate of drug-likeness (QED) is 0.675. The van der Waals surface area contributed by atoms with Crippen molar-refractivity contribution in [1.29, 1.82) is 0 Å². The van der Waals surface area contributed by atoms with Crippen LogP contribution < -0.4 is 0 Å². The summed E-state index contributed by atoms with van der Waals surface area (Å²) in [5, 5.41) is 0. The summed E-state index contributed by atoms with van der Waals surface area (Å²) in [5.74, 6) is -0.441. The highest BCUT2D eigenvalue weighted by Gasteiger charge is 2.15. The van der Waals surface area contributed by atoms with Crippen LogP contribution in [-0.2, 0) is 6.42 Å². The Bertz CT molecular complexity index is 553. The van der Waals surface area contributed by atoms with Gasteiger partial charge in [0.05, 0.1) is 0 Å². The molecule has 0 amide bonds. The van der Waals surface area contributed by atoms with E-state index in [9.17, 15) is 8.78 Å². The standard InChI is InChI=1S/C16H15BrF2/c1-10-7-14(19)8-11(2)16(10)15(17)9-12-3-5-13(18)6-4-12/h3-8,15H,9H2,1-2H3. The van der Waals surface area contributed by atoms with Crippen molar-refractivity contribution >= 4 is 15.9 Å². The molecule has 2 rings (SSSR count). The molecule has 0 aliphatic heterocycles. The van der Waals surface area contributed by atoms with Gasteiger partial charge in [-0.3, -0.25) is 0 Å². The van der Waals surface area contributed by atoms with Crippen LogP contribution in [0.5, 0.6) is 0 Å². The van der Waals surface area contributed by atoms with Crippen molar-refractivity contribution in [2.24, 2.45) is 0 Å². The molecule has 2 aromatic rings. The molecular weight excluding hydrogens is 310 g/mol. The first-order valence-electron chi connectivity index (χ1n) is 6.12. The van der Waals surface area contributed by atoms with Crippen molar-refractivity contribution in [3.05, 3.63) is 70.3 Å². The van der Waals surface area contributed by atoms with Gasteiger partial charge in [0, 0.05) is 4.83 Å². The third kappa shape index (κ3) is 3.41. The van der Waals surface area contributed by atoms with Crippen molar-refractivity contribution in [2.45, 2.75) is 25.1 Å². The monoisotopic (exact) mass is 324 g/mol. The van der Waals surface area contributed by atoms with E-state index in [1.54, 1.807) is 24.3 Å². The molecular formula is C16H15BrF2. The van der Waals surface area contributed by atoms with E-state index in [0.29, 0.717) is 0 Å². The summed E-state index contributed by atoms with van der Waals surface area (Å²) in [6.45, 7) is 3.81. The zero-order valence-corrected chi connectivity index (χ0v) is 12.5. The Balaban J connectivity index is 2.25. The SMILES string of the molecule is Cc1cc(F)cc(C)c1C(Br)Cc1ccc(F)cc1. The predicted molar refractivity (Wildman–Crippen MR) is 77.6 cm³/mol. The van der Waals surface area contributed by atoms with Crippen LogP contribution in [0.1, 0.15) is 27.1 Å². The zero-order valence-electron chi connectivity index (χ0n) is 10.9. The minimum absolute atomic E-state index is 0.0959. The molecule has 2 aromatic carbocycles. The van der Waals surface area contributed by atoms with Gasteiger partial charge in [-0.25, -0.2) is 8.78 Å². The molecule has 0 N–H and O–H groups in total. The summed E-state index contributed by atoms with van der Waals surface area (Å²) in [5.41, 5.74) is 4.01. The van der Waals surface area contributed by atoms with E-state index in [4.69, 9.17) is 0 Å². The van der Waals surface area contributed by atoms with Gasteiger partial charge in [0.15, 0.2) is 0 Å². The van der Waals surface area contributed by atoms with Crippen LogP contribution in [0.25, 0.3) is 0 Å². The molecule has 0 aromatic heterocycles. The van der Waals surface area contributed by atoms with Crippen LogP contribution in [0.4, 0.5) is 8.78 Å². The number of hydrogen-bond donors (Lipinski definition) is 0.